The highest BCUT2D eigenvalue weighted by atomic mass is 32.1. The lowest BCUT2D eigenvalue weighted by Gasteiger charge is -2.07. The standard InChI is InChI=1S/C12H20N2OS/c1-2-3-8-13-9-10-14-15-11-4-6-12(16)7-5-11/h4-7,13-14,16H,2-3,8-10H2,1H3. The summed E-state index contributed by atoms with van der Waals surface area (Å²) in [6.45, 7) is 4.98. The molecule has 0 aromatic heterocycles. The van der Waals surface area contributed by atoms with Crippen LogP contribution in [0.15, 0.2) is 29.2 Å². The van der Waals surface area contributed by atoms with Gasteiger partial charge >= 0.3 is 0 Å². The molecule has 0 saturated heterocycles. The molecule has 0 spiro atoms. The van der Waals surface area contributed by atoms with Crippen LogP contribution in [0.2, 0.25) is 0 Å². The van der Waals surface area contributed by atoms with Crippen LogP contribution in [0, 0.1) is 0 Å². The van der Waals surface area contributed by atoms with Crippen molar-refractivity contribution < 1.29 is 4.84 Å². The van der Waals surface area contributed by atoms with Gasteiger partial charge in [-0.25, -0.2) is 0 Å². The highest BCUT2D eigenvalue weighted by molar-refractivity contribution is 7.80. The number of hydrogen-bond donors (Lipinski definition) is 3. The molecule has 0 aliphatic rings. The van der Waals surface area contributed by atoms with Crippen molar-refractivity contribution in [3.8, 4) is 5.75 Å². The first-order valence-electron chi connectivity index (χ1n) is 5.72. The minimum absolute atomic E-state index is 0.798. The summed E-state index contributed by atoms with van der Waals surface area (Å²) in [6, 6.07) is 7.58. The molecule has 90 valence electrons. The van der Waals surface area contributed by atoms with Crippen molar-refractivity contribution >= 4 is 12.6 Å². The first-order chi connectivity index (χ1) is 7.83. The normalized spacial score (nSPS) is 10.4. The lowest BCUT2D eigenvalue weighted by Crippen LogP contribution is -2.29. The van der Waals surface area contributed by atoms with Gasteiger partial charge in [-0.2, -0.15) is 5.48 Å². The second kappa shape index (κ2) is 8.44. The van der Waals surface area contributed by atoms with E-state index in [1.807, 2.05) is 24.3 Å². The lowest BCUT2D eigenvalue weighted by molar-refractivity contribution is 0.196. The van der Waals surface area contributed by atoms with Gasteiger partial charge in [-0.3, -0.25) is 0 Å². The molecule has 0 bridgehead atoms. The van der Waals surface area contributed by atoms with Gasteiger partial charge in [-0.1, -0.05) is 13.3 Å². The Bertz CT molecular complexity index is 277. The predicted octanol–water partition coefficient (Wildman–Crippen LogP) is 2.25. The van der Waals surface area contributed by atoms with Crippen LogP contribution in [0.3, 0.4) is 0 Å². The molecule has 0 atom stereocenters. The number of hydrogen-bond acceptors (Lipinski definition) is 4. The summed E-state index contributed by atoms with van der Waals surface area (Å²) in [4.78, 5) is 6.28. The third-order valence-electron chi connectivity index (χ3n) is 2.14. The molecular weight excluding hydrogens is 220 g/mol. The minimum atomic E-state index is 0.798. The van der Waals surface area contributed by atoms with Gasteiger partial charge in [0.05, 0.1) is 0 Å². The third-order valence-corrected chi connectivity index (χ3v) is 2.44. The van der Waals surface area contributed by atoms with E-state index < -0.39 is 0 Å². The van der Waals surface area contributed by atoms with E-state index in [2.05, 4.69) is 30.3 Å². The van der Waals surface area contributed by atoms with Crippen LogP contribution in [-0.4, -0.2) is 19.6 Å². The van der Waals surface area contributed by atoms with Crippen LogP contribution in [0.1, 0.15) is 19.8 Å². The molecule has 2 N–H and O–H groups in total. The molecule has 3 nitrogen and oxygen atoms in total. The van der Waals surface area contributed by atoms with Crippen LogP contribution < -0.4 is 15.6 Å². The smallest absolute Gasteiger partial charge is 0.147 e. The highest BCUT2D eigenvalue weighted by Crippen LogP contribution is 2.12. The second-order valence-corrected chi connectivity index (χ2v) is 4.11. The van der Waals surface area contributed by atoms with Crippen molar-refractivity contribution in [3.63, 3.8) is 0 Å². The van der Waals surface area contributed by atoms with E-state index in [4.69, 9.17) is 4.84 Å². The maximum Gasteiger partial charge on any atom is 0.147 e. The fourth-order valence-electron chi connectivity index (χ4n) is 1.21. The predicted molar refractivity (Wildman–Crippen MR) is 70.1 cm³/mol. The Morgan fingerprint density at radius 3 is 2.56 bits per heavy atom. The zero-order chi connectivity index (χ0) is 11.6. The minimum Gasteiger partial charge on any atom is -0.409 e. The first-order valence-corrected chi connectivity index (χ1v) is 6.17. The van der Waals surface area contributed by atoms with E-state index >= 15 is 0 Å². The third kappa shape index (κ3) is 6.00. The van der Waals surface area contributed by atoms with Gasteiger partial charge in [0, 0.05) is 18.0 Å². The summed E-state index contributed by atoms with van der Waals surface area (Å²) in [5.74, 6) is 0.811. The molecule has 0 radical (unpaired) electrons. The van der Waals surface area contributed by atoms with Crippen LogP contribution in [-0.2, 0) is 0 Å². The number of unbranched alkanes of at least 4 members (excludes halogenated alkanes) is 1. The number of benzene rings is 1. The van der Waals surface area contributed by atoms with Gasteiger partial charge in [0.2, 0.25) is 0 Å². The molecule has 0 aliphatic carbocycles. The summed E-state index contributed by atoms with van der Waals surface area (Å²) >= 11 is 4.20. The van der Waals surface area contributed by atoms with E-state index in [1.165, 1.54) is 12.8 Å². The second-order valence-electron chi connectivity index (χ2n) is 3.59. The molecule has 16 heavy (non-hydrogen) atoms. The van der Waals surface area contributed by atoms with Crippen LogP contribution in [0.25, 0.3) is 0 Å². The highest BCUT2D eigenvalue weighted by Gasteiger charge is 1.92. The Kier molecular flexibility index (Phi) is 7.05. The topological polar surface area (TPSA) is 33.3 Å². The van der Waals surface area contributed by atoms with Gasteiger partial charge in [0.25, 0.3) is 0 Å². The van der Waals surface area contributed by atoms with E-state index in [9.17, 15) is 0 Å². The van der Waals surface area contributed by atoms with Gasteiger partial charge in [-0.05, 0) is 37.2 Å². The van der Waals surface area contributed by atoms with E-state index in [0.717, 1.165) is 30.3 Å². The molecular formula is C12H20N2OS. The number of rotatable bonds is 8. The Labute approximate surface area is 103 Å². The van der Waals surface area contributed by atoms with Crippen molar-refractivity contribution in [3.05, 3.63) is 24.3 Å². The van der Waals surface area contributed by atoms with E-state index in [1.54, 1.807) is 0 Å². The summed E-state index contributed by atoms with van der Waals surface area (Å²) in [6.07, 6.45) is 2.46. The van der Waals surface area contributed by atoms with E-state index in [-0.39, 0.29) is 0 Å². The molecule has 1 aromatic carbocycles. The lowest BCUT2D eigenvalue weighted by atomic mass is 10.3. The molecule has 0 unspecified atom stereocenters. The quantitative estimate of drug-likeness (QED) is 0.370. The van der Waals surface area contributed by atoms with Crippen LogP contribution in [0.5, 0.6) is 5.75 Å². The van der Waals surface area contributed by atoms with Gasteiger partial charge in [0.1, 0.15) is 5.75 Å². The van der Waals surface area contributed by atoms with Crippen molar-refractivity contribution in [1.82, 2.24) is 10.8 Å². The largest absolute Gasteiger partial charge is 0.409 e. The fraction of sp³-hybridized carbons (Fsp3) is 0.500. The first kappa shape index (κ1) is 13.4. The molecule has 0 fully saturated rings. The zero-order valence-corrected chi connectivity index (χ0v) is 10.6. The molecule has 0 aliphatic heterocycles. The maximum absolute atomic E-state index is 5.34. The average Bonchev–Trinajstić information content (AvgIpc) is 2.30. The Morgan fingerprint density at radius 1 is 1.12 bits per heavy atom. The van der Waals surface area contributed by atoms with Crippen molar-refractivity contribution in [2.24, 2.45) is 0 Å². The number of thiol groups is 1. The monoisotopic (exact) mass is 240 g/mol. The summed E-state index contributed by atoms with van der Waals surface area (Å²) in [7, 11) is 0. The molecule has 0 amide bonds. The van der Waals surface area contributed by atoms with Crippen molar-refractivity contribution in [1.29, 1.82) is 0 Å². The van der Waals surface area contributed by atoms with Crippen LogP contribution >= 0.6 is 12.6 Å². The molecule has 1 rings (SSSR count). The van der Waals surface area contributed by atoms with E-state index in [0.29, 0.717) is 0 Å². The molecule has 0 heterocycles. The number of hydroxylamine groups is 1. The molecule has 0 saturated carbocycles. The van der Waals surface area contributed by atoms with Gasteiger partial charge < -0.3 is 10.2 Å². The summed E-state index contributed by atoms with van der Waals surface area (Å²) < 4.78 is 0. The van der Waals surface area contributed by atoms with Gasteiger partial charge in [0.15, 0.2) is 0 Å². The molecule has 4 heteroatoms. The van der Waals surface area contributed by atoms with Gasteiger partial charge in [-0.15, -0.1) is 12.6 Å². The average molecular weight is 240 g/mol. The Morgan fingerprint density at radius 2 is 1.88 bits per heavy atom. The van der Waals surface area contributed by atoms with Crippen LogP contribution in [0.4, 0.5) is 0 Å². The fourth-order valence-corrected chi connectivity index (χ4v) is 1.36. The number of nitrogens with one attached hydrogen (secondary N) is 2. The summed E-state index contributed by atoms with van der Waals surface area (Å²) in [5.41, 5.74) is 2.91. The Hall–Kier alpha value is -0.710. The van der Waals surface area contributed by atoms with Crippen molar-refractivity contribution in [2.75, 3.05) is 19.6 Å². The maximum atomic E-state index is 5.34. The summed E-state index contributed by atoms with van der Waals surface area (Å²) in [5, 5.41) is 3.33. The SMILES string of the molecule is CCCCNCCNOc1ccc(S)cc1. The zero-order valence-electron chi connectivity index (χ0n) is 9.70. The van der Waals surface area contributed by atoms with Crippen molar-refractivity contribution in [2.45, 2.75) is 24.7 Å². The molecule has 1 aromatic rings. The Balaban J connectivity index is 2.01.